The molecule has 0 aliphatic heterocycles. The first kappa shape index (κ1) is 19.3. The van der Waals surface area contributed by atoms with Crippen molar-refractivity contribution in [3.05, 3.63) is 63.4 Å². The van der Waals surface area contributed by atoms with Gasteiger partial charge in [0, 0.05) is 37.2 Å². The van der Waals surface area contributed by atoms with E-state index in [9.17, 15) is 19.7 Å². The van der Waals surface area contributed by atoms with Gasteiger partial charge in [0.05, 0.1) is 4.92 Å². The predicted molar refractivity (Wildman–Crippen MR) is 96.9 cm³/mol. The lowest BCUT2D eigenvalue weighted by atomic mass is 10.2. The second-order valence-corrected chi connectivity index (χ2v) is 5.77. The number of hydrogen-bond donors (Lipinski definition) is 1. The van der Waals surface area contributed by atoms with Crippen LogP contribution < -0.4 is 5.32 Å². The number of nitrogens with zero attached hydrogens (tertiary/aromatic N) is 3. The first-order valence-corrected chi connectivity index (χ1v) is 8.23. The van der Waals surface area contributed by atoms with Crippen LogP contribution in [0.5, 0.6) is 0 Å². The number of carbonyl (C=O) groups excluding carboxylic acids is 2. The first-order chi connectivity index (χ1) is 12.4. The molecule has 9 heteroatoms. The summed E-state index contributed by atoms with van der Waals surface area (Å²) in [6.45, 7) is 2.50. The maximum atomic E-state index is 12.3. The van der Waals surface area contributed by atoms with Crippen molar-refractivity contribution >= 4 is 34.8 Å². The molecule has 2 rings (SSSR count). The number of nitro groups is 1. The molecule has 0 aliphatic rings. The number of aromatic nitrogens is 1. The Bertz CT molecular complexity index is 814. The molecule has 0 atom stereocenters. The van der Waals surface area contributed by atoms with Crippen LogP contribution >= 0.6 is 11.6 Å². The lowest BCUT2D eigenvalue weighted by molar-refractivity contribution is -0.384. The number of nitrogens with one attached hydrogen (secondary N) is 1. The molecular formula is C17H17ClN4O4. The van der Waals surface area contributed by atoms with Gasteiger partial charge in [-0.25, -0.2) is 0 Å². The molecule has 0 saturated heterocycles. The zero-order valence-electron chi connectivity index (χ0n) is 14.0. The number of halogens is 1. The Morgan fingerprint density at radius 3 is 2.58 bits per heavy atom. The van der Waals surface area contributed by atoms with Crippen molar-refractivity contribution in [1.29, 1.82) is 0 Å². The summed E-state index contributed by atoms with van der Waals surface area (Å²) in [6, 6.07) is 7.48. The summed E-state index contributed by atoms with van der Waals surface area (Å²) in [6.07, 6.45) is 3.91. The van der Waals surface area contributed by atoms with Crippen LogP contribution in [0.3, 0.4) is 0 Å². The van der Waals surface area contributed by atoms with Crippen molar-refractivity contribution in [2.24, 2.45) is 0 Å². The third-order valence-corrected chi connectivity index (χ3v) is 4.00. The van der Waals surface area contributed by atoms with Gasteiger partial charge in [0.15, 0.2) is 0 Å². The number of benzene rings is 1. The Labute approximate surface area is 154 Å². The van der Waals surface area contributed by atoms with Gasteiger partial charge >= 0.3 is 11.8 Å². The molecule has 0 aliphatic carbocycles. The van der Waals surface area contributed by atoms with Crippen LogP contribution in [0.4, 0.5) is 11.4 Å². The summed E-state index contributed by atoms with van der Waals surface area (Å²) < 4.78 is 0. The van der Waals surface area contributed by atoms with Crippen molar-refractivity contribution in [2.45, 2.75) is 13.3 Å². The quantitative estimate of drug-likeness (QED) is 0.474. The largest absolute Gasteiger partial charge is 0.334 e. The molecule has 136 valence electrons. The molecule has 1 heterocycles. The Morgan fingerprint density at radius 1 is 1.27 bits per heavy atom. The van der Waals surface area contributed by atoms with Crippen LogP contribution in [0.1, 0.15) is 12.5 Å². The number of nitro benzene ring substituents is 1. The van der Waals surface area contributed by atoms with Gasteiger partial charge in [0.2, 0.25) is 0 Å². The highest BCUT2D eigenvalue weighted by molar-refractivity contribution is 6.39. The summed E-state index contributed by atoms with van der Waals surface area (Å²) in [5, 5.41) is 13.2. The average Bonchev–Trinajstić information content (AvgIpc) is 2.64. The molecule has 0 radical (unpaired) electrons. The summed E-state index contributed by atoms with van der Waals surface area (Å²) in [5.41, 5.74) is 0.784. The van der Waals surface area contributed by atoms with Crippen molar-refractivity contribution in [3.63, 3.8) is 0 Å². The number of rotatable bonds is 6. The van der Waals surface area contributed by atoms with E-state index in [-0.39, 0.29) is 16.4 Å². The maximum absolute atomic E-state index is 12.3. The molecule has 1 aromatic carbocycles. The second-order valence-electron chi connectivity index (χ2n) is 5.37. The topological polar surface area (TPSA) is 105 Å². The molecule has 1 aromatic heterocycles. The van der Waals surface area contributed by atoms with E-state index in [1.54, 1.807) is 19.3 Å². The van der Waals surface area contributed by atoms with Gasteiger partial charge in [-0.05, 0) is 43.2 Å². The monoisotopic (exact) mass is 376 g/mol. The zero-order valence-corrected chi connectivity index (χ0v) is 14.8. The third-order valence-electron chi connectivity index (χ3n) is 3.68. The summed E-state index contributed by atoms with van der Waals surface area (Å²) in [5.74, 6) is -1.57. The van der Waals surface area contributed by atoms with Gasteiger partial charge in [-0.3, -0.25) is 24.7 Å². The van der Waals surface area contributed by atoms with Crippen molar-refractivity contribution in [2.75, 3.05) is 18.4 Å². The number of carbonyl (C=O) groups is 2. The SMILES string of the molecule is CCN(CCc1ccncc1)C(=O)C(=O)Nc1ccc(Cl)c([N+](=O)[O-])c1. The highest BCUT2D eigenvalue weighted by atomic mass is 35.5. The number of anilines is 1. The van der Waals surface area contributed by atoms with E-state index in [1.165, 1.54) is 17.0 Å². The first-order valence-electron chi connectivity index (χ1n) is 7.85. The fraction of sp³-hybridized carbons (Fsp3) is 0.235. The fourth-order valence-electron chi connectivity index (χ4n) is 2.28. The van der Waals surface area contributed by atoms with Crippen LogP contribution in [-0.4, -0.2) is 39.7 Å². The fourth-order valence-corrected chi connectivity index (χ4v) is 2.46. The van der Waals surface area contributed by atoms with Crippen molar-refractivity contribution < 1.29 is 14.5 Å². The summed E-state index contributed by atoms with van der Waals surface area (Å²) in [4.78, 5) is 40.1. The molecule has 2 aromatic rings. The number of hydrogen-bond acceptors (Lipinski definition) is 5. The molecule has 8 nitrogen and oxygen atoms in total. The van der Waals surface area contributed by atoms with E-state index >= 15 is 0 Å². The number of likely N-dealkylation sites (N-methyl/N-ethyl adjacent to an activating group) is 1. The van der Waals surface area contributed by atoms with Crippen molar-refractivity contribution in [1.82, 2.24) is 9.88 Å². The third kappa shape index (κ3) is 5.00. The number of amides is 2. The lowest BCUT2D eigenvalue weighted by Gasteiger charge is -2.20. The molecule has 1 N–H and O–H groups in total. The van der Waals surface area contributed by atoms with Crippen LogP contribution in [-0.2, 0) is 16.0 Å². The van der Waals surface area contributed by atoms with Crippen LogP contribution in [0.25, 0.3) is 0 Å². The highest BCUT2D eigenvalue weighted by Crippen LogP contribution is 2.27. The molecule has 26 heavy (non-hydrogen) atoms. The molecule has 0 unspecified atom stereocenters. The normalized spacial score (nSPS) is 10.2. The van der Waals surface area contributed by atoms with E-state index in [4.69, 9.17) is 11.6 Å². The Kier molecular flexibility index (Phi) is 6.62. The van der Waals surface area contributed by atoms with Crippen molar-refractivity contribution in [3.8, 4) is 0 Å². The Balaban J connectivity index is 2.02. The van der Waals surface area contributed by atoms with Gasteiger partial charge in [0.1, 0.15) is 5.02 Å². The molecule has 0 bridgehead atoms. The smallest absolute Gasteiger partial charge is 0.313 e. The lowest BCUT2D eigenvalue weighted by Crippen LogP contribution is -2.40. The Morgan fingerprint density at radius 2 is 1.96 bits per heavy atom. The van der Waals surface area contributed by atoms with E-state index in [2.05, 4.69) is 10.3 Å². The minimum absolute atomic E-state index is 0.0492. The molecule has 0 spiro atoms. The van der Waals surface area contributed by atoms with Crippen LogP contribution in [0.2, 0.25) is 5.02 Å². The maximum Gasteiger partial charge on any atom is 0.313 e. The van der Waals surface area contributed by atoms with Gasteiger partial charge in [-0.2, -0.15) is 0 Å². The van der Waals surface area contributed by atoms with Crippen LogP contribution in [0.15, 0.2) is 42.7 Å². The molecule has 0 fully saturated rings. The van der Waals surface area contributed by atoms with E-state index < -0.39 is 16.7 Å². The minimum atomic E-state index is -0.863. The van der Waals surface area contributed by atoms with Gasteiger partial charge in [-0.1, -0.05) is 11.6 Å². The zero-order chi connectivity index (χ0) is 19.1. The summed E-state index contributed by atoms with van der Waals surface area (Å²) in [7, 11) is 0. The van der Waals surface area contributed by atoms with E-state index in [0.717, 1.165) is 11.6 Å². The van der Waals surface area contributed by atoms with E-state index in [1.807, 2.05) is 12.1 Å². The second kappa shape index (κ2) is 8.91. The molecule has 0 saturated carbocycles. The van der Waals surface area contributed by atoms with Gasteiger partial charge < -0.3 is 10.2 Å². The highest BCUT2D eigenvalue weighted by Gasteiger charge is 2.22. The average molecular weight is 377 g/mol. The molecule has 2 amide bonds. The Hall–Kier alpha value is -3.00. The van der Waals surface area contributed by atoms with E-state index in [0.29, 0.717) is 19.5 Å². The minimum Gasteiger partial charge on any atom is -0.334 e. The number of pyridine rings is 1. The van der Waals surface area contributed by atoms with Gasteiger partial charge in [-0.15, -0.1) is 0 Å². The molecular weight excluding hydrogens is 360 g/mol. The predicted octanol–water partition coefficient (Wildman–Crippen LogP) is 2.67. The summed E-state index contributed by atoms with van der Waals surface area (Å²) >= 11 is 5.73. The van der Waals surface area contributed by atoms with Gasteiger partial charge in [0.25, 0.3) is 5.69 Å². The van der Waals surface area contributed by atoms with Crippen LogP contribution in [0, 0.1) is 10.1 Å². The standard InChI is InChI=1S/C17H17ClN4O4/c1-2-21(10-7-12-5-8-19-9-6-12)17(24)16(23)20-13-3-4-14(18)15(11-13)22(25)26/h3-6,8-9,11H,2,7,10H2,1H3,(H,20,23).